The SMILES string of the molecule is CCCCN(CC)C(=O)c1ccc2ccc(N3CCN(S(C)(=O)=O)CC3)n2c1. The average molecular weight is 407 g/mol. The molecule has 2 aromatic heterocycles. The number of aromatic nitrogens is 1. The molecule has 0 unspecified atom stereocenters. The molecule has 0 bridgehead atoms. The second-order valence-corrected chi connectivity index (χ2v) is 9.27. The summed E-state index contributed by atoms with van der Waals surface area (Å²) in [6.45, 7) is 7.83. The smallest absolute Gasteiger partial charge is 0.255 e. The number of piperazine rings is 1. The molecule has 2 aromatic rings. The summed E-state index contributed by atoms with van der Waals surface area (Å²) < 4.78 is 27.0. The summed E-state index contributed by atoms with van der Waals surface area (Å²) >= 11 is 0. The molecule has 0 atom stereocenters. The van der Waals surface area contributed by atoms with E-state index in [-0.39, 0.29) is 5.91 Å². The van der Waals surface area contributed by atoms with Gasteiger partial charge in [0.15, 0.2) is 0 Å². The standard InChI is InChI=1S/C20H30N4O3S/c1-4-6-11-21(5-2)20(25)17-7-8-18-9-10-19(24(18)16-17)22-12-14-23(15-13-22)28(3,26)27/h7-10,16H,4-6,11-15H2,1-3H3. The quantitative estimate of drug-likeness (QED) is 0.708. The predicted molar refractivity (Wildman–Crippen MR) is 113 cm³/mol. The minimum Gasteiger partial charge on any atom is -0.355 e. The zero-order valence-corrected chi connectivity index (χ0v) is 17.8. The van der Waals surface area contributed by atoms with E-state index in [0.29, 0.717) is 38.3 Å². The van der Waals surface area contributed by atoms with Crippen LogP contribution in [0.25, 0.3) is 5.52 Å². The molecule has 28 heavy (non-hydrogen) atoms. The molecule has 1 saturated heterocycles. The van der Waals surface area contributed by atoms with Crippen LogP contribution in [0.15, 0.2) is 30.5 Å². The van der Waals surface area contributed by atoms with Gasteiger partial charge in [-0.3, -0.25) is 4.79 Å². The molecule has 154 valence electrons. The molecule has 3 rings (SSSR count). The second-order valence-electron chi connectivity index (χ2n) is 7.29. The predicted octanol–water partition coefficient (Wildman–Crippen LogP) is 2.28. The molecule has 0 N–H and O–H groups in total. The normalized spacial score (nSPS) is 15.9. The molecule has 1 amide bonds. The summed E-state index contributed by atoms with van der Waals surface area (Å²) in [4.78, 5) is 17.0. The van der Waals surface area contributed by atoms with Gasteiger partial charge in [-0.15, -0.1) is 0 Å². The first-order valence-corrected chi connectivity index (χ1v) is 11.8. The molecular weight excluding hydrogens is 376 g/mol. The van der Waals surface area contributed by atoms with Crippen molar-refractivity contribution in [3.8, 4) is 0 Å². The number of fused-ring (bicyclic) bond motifs is 1. The highest BCUT2D eigenvalue weighted by molar-refractivity contribution is 7.88. The monoisotopic (exact) mass is 406 g/mol. The van der Waals surface area contributed by atoms with E-state index in [9.17, 15) is 13.2 Å². The maximum Gasteiger partial charge on any atom is 0.255 e. The third-order valence-electron chi connectivity index (χ3n) is 5.36. The van der Waals surface area contributed by atoms with Gasteiger partial charge in [0.2, 0.25) is 10.0 Å². The number of amides is 1. The Morgan fingerprint density at radius 2 is 1.75 bits per heavy atom. The minimum absolute atomic E-state index is 0.0550. The van der Waals surface area contributed by atoms with Crippen LogP contribution < -0.4 is 4.90 Å². The van der Waals surface area contributed by atoms with Crippen LogP contribution in [0.1, 0.15) is 37.0 Å². The molecule has 0 radical (unpaired) electrons. The lowest BCUT2D eigenvalue weighted by Gasteiger charge is -2.34. The minimum atomic E-state index is -3.15. The molecule has 0 aromatic carbocycles. The first-order valence-electron chi connectivity index (χ1n) is 9.95. The van der Waals surface area contributed by atoms with Crippen LogP contribution in [0, 0.1) is 0 Å². The highest BCUT2D eigenvalue weighted by Gasteiger charge is 2.25. The number of hydrogen-bond donors (Lipinski definition) is 0. The van der Waals surface area contributed by atoms with Crippen molar-refractivity contribution in [3.63, 3.8) is 0 Å². The van der Waals surface area contributed by atoms with Crippen LogP contribution in [0.5, 0.6) is 0 Å². The third-order valence-corrected chi connectivity index (χ3v) is 6.66. The van der Waals surface area contributed by atoms with Gasteiger partial charge in [-0.1, -0.05) is 13.3 Å². The number of hydrogen-bond acceptors (Lipinski definition) is 4. The van der Waals surface area contributed by atoms with Crippen molar-refractivity contribution in [2.45, 2.75) is 26.7 Å². The van der Waals surface area contributed by atoms with Gasteiger partial charge in [-0.05, 0) is 37.6 Å². The fourth-order valence-corrected chi connectivity index (χ4v) is 4.48. The van der Waals surface area contributed by atoms with Crippen molar-refractivity contribution in [3.05, 3.63) is 36.0 Å². The van der Waals surface area contributed by atoms with Crippen LogP contribution in [-0.2, 0) is 10.0 Å². The van der Waals surface area contributed by atoms with Crippen molar-refractivity contribution >= 4 is 27.3 Å². The first-order chi connectivity index (χ1) is 13.3. The van der Waals surface area contributed by atoms with E-state index in [0.717, 1.165) is 30.7 Å². The summed E-state index contributed by atoms with van der Waals surface area (Å²) in [6.07, 6.45) is 5.22. The average Bonchev–Trinajstić information content (AvgIpc) is 3.11. The Kier molecular flexibility index (Phi) is 6.30. The van der Waals surface area contributed by atoms with Crippen LogP contribution in [0.4, 0.5) is 5.82 Å². The second kappa shape index (κ2) is 8.53. The number of carbonyl (C=O) groups is 1. The van der Waals surface area contributed by atoms with E-state index >= 15 is 0 Å². The molecule has 1 aliphatic heterocycles. The summed E-state index contributed by atoms with van der Waals surface area (Å²) in [5.74, 6) is 1.05. The Bertz CT molecular complexity index is 930. The molecular formula is C20H30N4O3S. The van der Waals surface area contributed by atoms with Crippen LogP contribution in [0.2, 0.25) is 0 Å². The highest BCUT2D eigenvalue weighted by Crippen LogP contribution is 2.23. The Balaban J connectivity index is 1.82. The Morgan fingerprint density at radius 1 is 1.07 bits per heavy atom. The van der Waals surface area contributed by atoms with E-state index in [1.807, 2.05) is 46.7 Å². The molecule has 1 fully saturated rings. The number of nitrogens with zero attached hydrogens (tertiary/aromatic N) is 4. The molecule has 0 aliphatic carbocycles. The largest absolute Gasteiger partial charge is 0.355 e. The van der Waals surface area contributed by atoms with E-state index in [2.05, 4.69) is 11.8 Å². The fourth-order valence-electron chi connectivity index (χ4n) is 3.65. The van der Waals surface area contributed by atoms with Crippen molar-refractivity contribution in [2.24, 2.45) is 0 Å². The maximum atomic E-state index is 12.9. The molecule has 0 saturated carbocycles. The van der Waals surface area contributed by atoms with Crippen molar-refractivity contribution in [1.82, 2.24) is 13.6 Å². The third kappa shape index (κ3) is 4.33. The summed E-state index contributed by atoms with van der Waals surface area (Å²) in [6, 6.07) is 7.92. The van der Waals surface area contributed by atoms with E-state index in [1.165, 1.54) is 10.6 Å². The van der Waals surface area contributed by atoms with Gasteiger partial charge in [0.1, 0.15) is 5.82 Å². The van der Waals surface area contributed by atoms with Gasteiger partial charge in [-0.2, -0.15) is 4.31 Å². The van der Waals surface area contributed by atoms with Crippen LogP contribution >= 0.6 is 0 Å². The van der Waals surface area contributed by atoms with Gasteiger partial charge in [0.05, 0.1) is 11.8 Å². The van der Waals surface area contributed by atoms with E-state index < -0.39 is 10.0 Å². The number of anilines is 1. The zero-order chi connectivity index (χ0) is 20.3. The molecule has 7 nitrogen and oxygen atoms in total. The zero-order valence-electron chi connectivity index (χ0n) is 17.0. The van der Waals surface area contributed by atoms with E-state index in [1.54, 1.807) is 0 Å². The molecule has 0 spiro atoms. The Labute approximate surface area is 167 Å². The number of sulfonamides is 1. The van der Waals surface area contributed by atoms with Crippen molar-refractivity contribution in [2.75, 3.05) is 50.4 Å². The van der Waals surface area contributed by atoms with Gasteiger partial charge in [0, 0.05) is 51.0 Å². The van der Waals surface area contributed by atoms with Gasteiger partial charge >= 0.3 is 0 Å². The first kappa shape index (κ1) is 20.7. The number of pyridine rings is 1. The number of rotatable bonds is 7. The Hall–Kier alpha value is -2.06. The maximum absolute atomic E-state index is 12.9. The van der Waals surface area contributed by atoms with Gasteiger partial charge < -0.3 is 14.2 Å². The van der Waals surface area contributed by atoms with Gasteiger partial charge in [-0.25, -0.2) is 8.42 Å². The molecule has 3 heterocycles. The van der Waals surface area contributed by atoms with E-state index in [4.69, 9.17) is 0 Å². The summed E-state index contributed by atoms with van der Waals surface area (Å²) in [5.41, 5.74) is 1.70. The molecule has 8 heteroatoms. The summed E-state index contributed by atoms with van der Waals surface area (Å²) in [7, 11) is -3.15. The van der Waals surface area contributed by atoms with Crippen molar-refractivity contribution < 1.29 is 13.2 Å². The lowest BCUT2D eigenvalue weighted by molar-refractivity contribution is 0.0762. The highest BCUT2D eigenvalue weighted by atomic mass is 32.2. The summed E-state index contributed by atoms with van der Waals surface area (Å²) in [5, 5.41) is 0. The lowest BCUT2D eigenvalue weighted by atomic mass is 10.2. The lowest BCUT2D eigenvalue weighted by Crippen LogP contribution is -2.48. The van der Waals surface area contributed by atoms with Crippen molar-refractivity contribution in [1.29, 1.82) is 0 Å². The fraction of sp³-hybridized carbons (Fsp3) is 0.550. The number of unbranched alkanes of at least 4 members (excludes halogenated alkanes) is 1. The number of carbonyl (C=O) groups excluding carboxylic acids is 1. The Morgan fingerprint density at radius 3 is 2.36 bits per heavy atom. The van der Waals surface area contributed by atoms with Crippen LogP contribution in [-0.4, -0.2) is 73.5 Å². The van der Waals surface area contributed by atoms with Gasteiger partial charge in [0.25, 0.3) is 5.91 Å². The molecule has 1 aliphatic rings. The van der Waals surface area contributed by atoms with Crippen LogP contribution in [0.3, 0.4) is 0 Å². The topological polar surface area (TPSA) is 65.3 Å².